The molecule has 0 saturated carbocycles. The van der Waals surface area contributed by atoms with Crippen LogP contribution in [0.1, 0.15) is 5.56 Å². The standard InChI is InChI=1S/C18H12NO.C17H12N.Ir/c1-12-9-10-16(19-11-12)15-7-4-6-14-13-5-2-3-8-17(13)20-18(14)15;1-2-7-14(8-3-1)15-9-6-10-16(13-15)17-11-4-5-12-18-17;/h2-6,8-11H,1H3;1-9,11-13H;/q2*-1;. The van der Waals surface area contributed by atoms with E-state index in [1.54, 1.807) is 6.20 Å². The number of benzene rings is 4. The number of rotatable bonds is 3. The van der Waals surface area contributed by atoms with Crippen molar-refractivity contribution in [1.82, 2.24) is 9.97 Å². The molecule has 0 unspecified atom stereocenters. The molecule has 0 aliphatic carbocycles. The van der Waals surface area contributed by atoms with E-state index in [0.717, 1.165) is 50.0 Å². The summed E-state index contributed by atoms with van der Waals surface area (Å²) in [7, 11) is 0. The van der Waals surface area contributed by atoms with Crippen molar-refractivity contribution in [2.45, 2.75) is 6.92 Å². The van der Waals surface area contributed by atoms with Crippen LogP contribution in [0.15, 0.2) is 132 Å². The van der Waals surface area contributed by atoms with Gasteiger partial charge in [0.15, 0.2) is 0 Å². The molecule has 0 saturated heterocycles. The van der Waals surface area contributed by atoms with E-state index >= 15 is 0 Å². The van der Waals surface area contributed by atoms with Gasteiger partial charge in [0.2, 0.25) is 0 Å². The first-order valence-electron chi connectivity index (χ1n) is 12.5. The summed E-state index contributed by atoms with van der Waals surface area (Å²) in [5.74, 6) is 0. The van der Waals surface area contributed by atoms with Crippen molar-refractivity contribution in [2.75, 3.05) is 0 Å². The monoisotopic (exact) mass is 681 g/mol. The number of hydrogen-bond donors (Lipinski definition) is 0. The zero-order valence-corrected chi connectivity index (χ0v) is 23.7. The molecule has 3 heterocycles. The van der Waals surface area contributed by atoms with Crippen molar-refractivity contribution in [2.24, 2.45) is 0 Å². The third kappa shape index (κ3) is 5.73. The van der Waals surface area contributed by atoms with Crippen molar-refractivity contribution in [1.29, 1.82) is 0 Å². The Labute approximate surface area is 241 Å². The molecule has 7 rings (SSSR count). The van der Waals surface area contributed by atoms with E-state index in [-0.39, 0.29) is 20.1 Å². The molecule has 0 bridgehead atoms. The Kier molecular flexibility index (Phi) is 8.07. The summed E-state index contributed by atoms with van der Waals surface area (Å²) < 4.78 is 6.00. The Morgan fingerprint density at radius 3 is 2.23 bits per heavy atom. The Morgan fingerprint density at radius 2 is 1.44 bits per heavy atom. The summed E-state index contributed by atoms with van der Waals surface area (Å²) in [5, 5.41) is 2.24. The Morgan fingerprint density at radius 1 is 0.641 bits per heavy atom. The second-order valence-electron chi connectivity index (χ2n) is 8.99. The van der Waals surface area contributed by atoms with Crippen LogP contribution in [0.25, 0.3) is 55.6 Å². The maximum Gasteiger partial charge on any atom is 0.120 e. The van der Waals surface area contributed by atoms with Crippen molar-refractivity contribution < 1.29 is 24.5 Å². The summed E-state index contributed by atoms with van der Waals surface area (Å²) in [6.07, 6.45) is 3.67. The fourth-order valence-corrected chi connectivity index (χ4v) is 4.44. The Balaban J connectivity index is 0.000000155. The first kappa shape index (κ1) is 26.2. The second kappa shape index (κ2) is 12.0. The fraction of sp³-hybridized carbons (Fsp3) is 0.0286. The number of fused-ring (bicyclic) bond motifs is 3. The van der Waals surface area contributed by atoms with Gasteiger partial charge in [-0.25, -0.2) is 0 Å². The van der Waals surface area contributed by atoms with Crippen LogP contribution >= 0.6 is 0 Å². The van der Waals surface area contributed by atoms with Crippen LogP contribution in [0.4, 0.5) is 0 Å². The maximum absolute atomic E-state index is 6.00. The van der Waals surface area contributed by atoms with E-state index in [9.17, 15) is 0 Å². The van der Waals surface area contributed by atoms with Crippen LogP contribution in [0.2, 0.25) is 0 Å². The normalized spacial score (nSPS) is 10.5. The topological polar surface area (TPSA) is 38.9 Å². The molecule has 4 aromatic carbocycles. The number of nitrogens with zero attached hydrogens (tertiary/aromatic N) is 2. The molecule has 1 radical (unpaired) electrons. The molecule has 191 valence electrons. The van der Waals surface area contributed by atoms with Crippen molar-refractivity contribution in [3.8, 4) is 33.6 Å². The zero-order valence-electron chi connectivity index (χ0n) is 21.3. The van der Waals surface area contributed by atoms with E-state index in [0.29, 0.717) is 0 Å². The van der Waals surface area contributed by atoms with Crippen LogP contribution in [-0.4, -0.2) is 9.97 Å². The number of aromatic nitrogens is 2. The van der Waals surface area contributed by atoms with Crippen LogP contribution in [0, 0.1) is 19.1 Å². The quantitative estimate of drug-likeness (QED) is 0.175. The number of pyridine rings is 2. The summed E-state index contributed by atoms with van der Waals surface area (Å²) in [6, 6.07) is 45.0. The molecule has 0 spiro atoms. The van der Waals surface area contributed by atoms with Gasteiger partial charge in [0, 0.05) is 37.9 Å². The predicted octanol–water partition coefficient (Wildman–Crippen LogP) is 8.97. The molecular formula is C35H24IrN2O-2. The van der Waals surface area contributed by atoms with Gasteiger partial charge in [0.1, 0.15) is 5.58 Å². The molecule has 39 heavy (non-hydrogen) atoms. The zero-order chi connectivity index (χ0) is 25.7. The average Bonchev–Trinajstić information content (AvgIpc) is 3.38. The van der Waals surface area contributed by atoms with E-state index in [4.69, 9.17) is 4.42 Å². The molecule has 4 heteroatoms. The van der Waals surface area contributed by atoms with Gasteiger partial charge in [-0.15, -0.1) is 53.6 Å². The van der Waals surface area contributed by atoms with Crippen LogP contribution in [-0.2, 0) is 20.1 Å². The molecule has 0 atom stereocenters. The first-order chi connectivity index (χ1) is 18.8. The van der Waals surface area contributed by atoms with E-state index < -0.39 is 0 Å². The summed E-state index contributed by atoms with van der Waals surface area (Å²) in [5.41, 5.74) is 9.08. The summed E-state index contributed by atoms with van der Waals surface area (Å²) in [6.45, 7) is 2.03. The van der Waals surface area contributed by atoms with Crippen LogP contribution in [0.3, 0.4) is 0 Å². The molecule has 0 aliphatic heterocycles. The largest absolute Gasteiger partial charge is 0.501 e. The maximum atomic E-state index is 6.00. The third-order valence-electron chi connectivity index (χ3n) is 6.36. The van der Waals surface area contributed by atoms with Crippen molar-refractivity contribution in [3.63, 3.8) is 0 Å². The van der Waals surface area contributed by atoms with Crippen molar-refractivity contribution >= 4 is 21.9 Å². The minimum absolute atomic E-state index is 0. The number of hydrogen-bond acceptors (Lipinski definition) is 3. The van der Waals surface area contributed by atoms with Gasteiger partial charge in [-0.3, -0.25) is 0 Å². The first-order valence-corrected chi connectivity index (χ1v) is 12.5. The number of furan rings is 1. The molecule has 3 aromatic heterocycles. The van der Waals surface area contributed by atoms with E-state index in [1.165, 1.54) is 11.1 Å². The molecule has 0 N–H and O–H groups in total. The molecule has 0 fully saturated rings. The molecule has 0 aliphatic rings. The van der Waals surface area contributed by atoms with Gasteiger partial charge in [0.05, 0.1) is 5.58 Å². The van der Waals surface area contributed by atoms with Gasteiger partial charge in [-0.2, -0.15) is 0 Å². The molecule has 7 aromatic rings. The van der Waals surface area contributed by atoms with Gasteiger partial charge in [-0.05, 0) is 41.6 Å². The summed E-state index contributed by atoms with van der Waals surface area (Å²) >= 11 is 0. The fourth-order valence-electron chi connectivity index (χ4n) is 4.44. The van der Waals surface area contributed by atoms with Gasteiger partial charge in [-0.1, -0.05) is 83.7 Å². The third-order valence-corrected chi connectivity index (χ3v) is 6.36. The number of para-hydroxylation sites is 1. The Bertz CT molecular complexity index is 1760. The van der Waals surface area contributed by atoms with Crippen LogP contribution in [0.5, 0.6) is 0 Å². The molecular weight excluding hydrogens is 657 g/mol. The number of aryl methyl sites for hydroxylation is 1. The van der Waals surface area contributed by atoms with Crippen LogP contribution < -0.4 is 0 Å². The van der Waals surface area contributed by atoms with Gasteiger partial charge >= 0.3 is 0 Å². The molecule has 3 nitrogen and oxygen atoms in total. The van der Waals surface area contributed by atoms with E-state index in [1.807, 2.05) is 92.0 Å². The minimum Gasteiger partial charge on any atom is -0.501 e. The van der Waals surface area contributed by atoms with Crippen molar-refractivity contribution in [3.05, 3.63) is 145 Å². The minimum atomic E-state index is 0. The molecule has 0 amide bonds. The summed E-state index contributed by atoms with van der Waals surface area (Å²) in [4.78, 5) is 8.83. The van der Waals surface area contributed by atoms with Gasteiger partial charge in [0.25, 0.3) is 0 Å². The van der Waals surface area contributed by atoms with E-state index in [2.05, 4.69) is 58.5 Å². The Hall–Kier alpha value is -4.37. The average molecular weight is 681 g/mol. The predicted molar refractivity (Wildman–Crippen MR) is 154 cm³/mol. The van der Waals surface area contributed by atoms with Gasteiger partial charge < -0.3 is 14.4 Å². The SMILES string of the molecule is Cc1ccc(-c2[c-]ccc3c2oc2ccccc23)nc1.[Ir].[c-]1ccc(-c2ccccc2)cc1-c1ccccn1. The smallest absolute Gasteiger partial charge is 0.120 e. The second-order valence-corrected chi connectivity index (χ2v) is 8.99.